The Labute approximate surface area is 92.0 Å². The summed E-state index contributed by atoms with van der Waals surface area (Å²) < 4.78 is 4.73. The number of esters is 1. The number of carbonyl (C=O) groups excluding carboxylic acids is 1. The topological polar surface area (TPSA) is 38.3 Å². The monoisotopic (exact) mass is 221 g/mol. The van der Waals surface area contributed by atoms with E-state index in [1.807, 2.05) is 7.05 Å². The Bertz CT molecular complexity index is 168. The van der Waals surface area contributed by atoms with E-state index in [0.717, 1.165) is 38.1 Å². The lowest BCUT2D eigenvalue weighted by Crippen LogP contribution is -2.27. The summed E-state index contributed by atoms with van der Waals surface area (Å²) in [5, 5.41) is 3.18. The van der Waals surface area contributed by atoms with E-state index in [9.17, 15) is 4.79 Å². The number of hydrogen-bond donors (Lipinski definition) is 1. The molecule has 0 aromatic heterocycles. The highest BCUT2D eigenvalue weighted by Crippen LogP contribution is 2.28. The van der Waals surface area contributed by atoms with Crippen molar-refractivity contribution >= 4 is 18.4 Å². The van der Waals surface area contributed by atoms with E-state index in [2.05, 4.69) is 5.32 Å². The fourth-order valence-electron chi connectivity index (χ4n) is 2.06. The molecule has 0 bridgehead atoms. The smallest absolute Gasteiger partial charge is 0.308 e. The van der Waals surface area contributed by atoms with Crippen molar-refractivity contribution in [2.45, 2.75) is 25.7 Å². The first-order valence-corrected chi connectivity index (χ1v) is 5.00. The lowest BCUT2D eigenvalue weighted by Gasteiger charge is -2.26. The van der Waals surface area contributed by atoms with Gasteiger partial charge in [-0.3, -0.25) is 4.79 Å². The Kier molecular flexibility index (Phi) is 6.93. The van der Waals surface area contributed by atoms with Crippen molar-refractivity contribution in [1.82, 2.24) is 5.32 Å². The van der Waals surface area contributed by atoms with Crippen LogP contribution in [0.4, 0.5) is 0 Å². The summed E-state index contributed by atoms with van der Waals surface area (Å²) in [7, 11) is 3.45. The van der Waals surface area contributed by atoms with Crippen LogP contribution in [0.25, 0.3) is 0 Å². The van der Waals surface area contributed by atoms with Gasteiger partial charge < -0.3 is 10.1 Å². The second kappa shape index (κ2) is 7.07. The van der Waals surface area contributed by atoms with E-state index in [1.54, 1.807) is 0 Å². The second-order valence-electron chi connectivity index (χ2n) is 3.80. The molecule has 0 atom stereocenters. The van der Waals surface area contributed by atoms with Crippen LogP contribution >= 0.6 is 12.4 Å². The molecule has 0 saturated heterocycles. The van der Waals surface area contributed by atoms with Crippen LogP contribution in [-0.4, -0.2) is 26.7 Å². The van der Waals surface area contributed by atoms with Gasteiger partial charge in [0.05, 0.1) is 13.0 Å². The van der Waals surface area contributed by atoms with Crippen molar-refractivity contribution in [3.8, 4) is 0 Å². The van der Waals surface area contributed by atoms with E-state index in [-0.39, 0.29) is 24.3 Å². The van der Waals surface area contributed by atoms with Crippen LogP contribution in [0.2, 0.25) is 0 Å². The molecular formula is C10H20ClNO2. The molecule has 0 aliphatic heterocycles. The summed E-state index contributed by atoms with van der Waals surface area (Å²) in [5.74, 6) is 0.895. The van der Waals surface area contributed by atoms with Gasteiger partial charge >= 0.3 is 5.97 Å². The maximum atomic E-state index is 11.2. The molecule has 1 fully saturated rings. The van der Waals surface area contributed by atoms with Crippen molar-refractivity contribution in [2.75, 3.05) is 20.7 Å². The van der Waals surface area contributed by atoms with Gasteiger partial charge in [0.15, 0.2) is 0 Å². The van der Waals surface area contributed by atoms with Gasteiger partial charge in [-0.1, -0.05) is 0 Å². The van der Waals surface area contributed by atoms with Crippen molar-refractivity contribution in [3.05, 3.63) is 0 Å². The standard InChI is InChI=1S/C10H19NO2.ClH/c1-11-7-8-3-5-9(6-4-8)10(12)13-2;/h8-9,11H,3-7H2,1-2H3;1H/t8-,9-;. The van der Waals surface area contributed by atoms with E-state index in [0.29, 0.717) is 0 Å². The minimum atomic E-state index is -0.0251. The third-order valence-corrected chi connectivity index (χ3v) is 2.87. The number of carbonyl (C=O) groups is 1. The van der Waals surface area contributed by atoms with Gasteiger partial charge in [-0.15, -0.1) is 12.4 Å². The van der Waals surface area contributed by atoms with Gasteiger partial charge in [0.2, 0.25) is 0 Å². The SMILES string of the molecule is CNC[C@H]1CC[C@H](C(=O)OC)CC1.Cl. The van der Waals surface area contributed by atoms with E-state index >= 15 is 0 Å². The van der Waals surface area contributed by atoms with Crippen LogP contribution in [0.5, 0.6) is 0 Å². The van der Waals surface area contributed by atoms with Crippen molar-refractivity contribution < 1.29 is 9.53 Å². The van der Waals surface area contributed by atoms with Crippen molar-refractivity contribution in [2.24, 2.45) is 11.8 Å². The van der Waals surface area contributed by atoms with Crippen LogP contribution in [0.1, 0.15) is 25.7 Å². The van der Waals surface area contributed by atoms with Crippen LogP contribution in [0, 0.1) is 11.8 Å². The van der Waals surface area contributed by atoms with Gasteiger partial charge in [0, 0.05) is 0 Å². The zero-order valence-electron chi connectivity index (χ0n) is 8.91. The van der Waals surface area contributed by atoms with Gasteiger partial charge in [0.1, 0.15) is 0 Å². The maximum Gasteiger partial charge on any atom is 0.308 e. The van der Waals surface area contributed by atoms with Crippen LogP contribution in [0.3, 0.4) is 0 Å². The predicted molar refractivity (Wildman–Crippen MR) is 58.6 cm³/mol. The molecule has 1 N–H and O–H groups in total. The van der Waals surface area contributed by atoms with Gasteiger partial charge in [-0.2, -0.15) is 0 Å². The Balaban J connectivity index is 0.00000169. The van der Waals surface area contributed by atoms with Crippen molar-refractivity contribution in [1.29, 1.82) is 0 Å². The summed E-state index contributed by atoms with van der Waals surface area (Å²) in [6, 6.07) is 0. The highest BCUT2D eigenvalue weighted by Gasteiger charge is 2.26. The molecule has 1 saturated carbocycles. The first-order chi connectivity index (χ1) is 6.27. The first-order valence-electron chi connectivity index (χ1n) is 5.00. The molecule has 14 heavy (non-hydrogen) atoms. The number of halogens is 1. The summed E-state index contributed by atoms with van der Waals surface area (Å²) in [4.78, 5) is 11.2. The fraction of sp³-hybridized carbons (Fsp3) is 0.900. The quantitative estimate of drug-likeness (QED) is 0.736. The molecule has 1 aliphatic carbocycles. The summed E-state index contributed by atoms with van der Waals surface area (Å²) in [5.41, 5.74) is 0. The summed E-state index contributed by atoms with van der Waals surface area (Å²) in [6.07, 6.45) is 4.30. The Hall–Kier alpha value is -0.280. The van der Waals surface area contributed by atoms with E-state index in [4.69, 9.17) is 4.74 Å². The summed E-state index contributed by atoms with van der Waals surface area (Å²) in [6.45, 7) is 1.08. The van der Waals surface area contributed by atoms with Crippen molar-refractivity contribution in [3.63, 3.8) is 0 Å². The average Bonchev–Trinajstić information content (AvgIpc) is 2.18. The average molecular weight is 222 g/mol. The molecule has 84 valence electrons. The molecule has 0 unspecified atom stereocenters. The number of nitrogens with one attached hydrogen (secondary N) is 1. The van der Waals surface area contributed by atoms with E-state index < -0.39 is 0 Å². The molecule has 0 aromatic carbocycles. The van der Waals surface area contributed by atoms with Gasteiger partial charge in [-0.25, -0.2) is 0 Å². The molecule has 3 nitrogen and oxygen atoms in total. The second-order valence-corrected chi connectivity index (χ2v) is 3.80. The number of ether oxygens (including phenoxy) is 1. The lowest BCUT2D eigenvalue weighted by atomic mass is 9.82. The zero-order chi connectivity index (χ0) is 9.68. The minimum absolute atomic E-state index is 0. The number of rotatable bonds is 3. The highest BCUT2D eigenvalue weighted by molar-refractivity contribution is 5.85. The largest absolute Gasteiger partial charge is 0.469 e. The maximum absolute atomic E-state index is 11.2. The Morgan fingerprint density at radius 1 is 1.36 bits per heavy atom. The number of hydrogen-bond acceptors (Lipinski definition) is 3. The molecule has 1 rings (SSSR count). The number of methoxy groups -OCH3 is 1. The highest BCUT2D eigenvalue weighted by atomic mass is 35.5. The predicted octanol–water partition coefficient (Wildman–Crippen LogP) is 1.61. The third kappa shape index (κ3) is 3.84. The first kappa shape index (κ1) is 13.7. The molecule has 1 aliphatic rings. The minimum Gasteiger partial charge on any atom is -0.469 e. The molecule has 0 radical (unpaired) electrons. The summed E-state index contributed by atoms with van der Waals surface area (Å²) >= 11 is 0. The zero-order valence-corrected chi connectivity index (χ0v) is 9.73. The lowest BCUT2D eigenvalue weighted by molar-refractivity contribution is -0.146. The fourth-order valence-corrected chi connectivity index (χ4v) is 2.06. The van der Waals surface area contributed by atoms with Crippen LogP contribution in [0.15, 0.2) is 0 Å². The van der Waals surface area contributed by atoms with Gasteiger partial charge in [-0.05, 0) is 45.2 Å². The molecule has 0 amide bonds. The Morgan fingerprint density at radius 3 is 2.36 bits per heavy atom. The molecule has 0 heterocycles. The molecule has 0 aromatic rings. The third-order valence-electron chi connectivity index (χ3n) is 2.87. The van der Waals surface area contributed by atoms with Gasteiger partial charge in [0.25, 0.3) is 0 Å². The van der Waals surface area contributed by atoms with E-state index in [1.165, 1.54) is 7.11 Å². The van der Waals surface area contributed by atoms with Crippen LogP contribution < -0.4 is 5.32 Å². The normalized spacial score (nSPS) is 26.4. The molecular weight excluding hydrogens is 202 g/mol. The molecule has 0 spiro atoms. The molecule has 4 heteroatoms. The van der Waals surface area contributed by atoms with Crippen LogP contribution in [-0.2, 0) is 9.53 Å². The Morgan fingerprint density at radius 2 is 1.93 bits per heavy atom.